The first-order chi connectivity index (χ1) is 13.8. The molecule has 1 aromatic carbocycles. The Morgan fingerprint density at radius 2 is 1.90 bits per heavy atom. The number of hydrogen-bond donors (Lipinski definition) is 0. The van der Waals surface area contributed by atoms with Gasteiger partial charge >= 0.3 is 0 Å². The molecule has 1 saturated heterocycles. The highest BCUT2D eigenvalue weighted by Crippen LogP contribution is 2.28. The summed E-state index contributed by atoms with van der Waals surface area (Å²) in [5.74, 6) is 0.104. The summed E-state index contributed by atoms with van der Waals surface area (Å²) in [6.07, 6.45) is 4.54. The number of amides is 2. The number of hydrogen-bond acceptors (Lipinski definition) is 3. The van der Waals surface area contributed by atoms with E-state index in [0.717, 1.165) is 16.7 Å². The van der Waals surface area contributed by atoms with E-state index in [2.05, 4.69) is 31.8 Å². The lowest BCUT2D eigenvalue weighted by Crippen LogP contribution is -2.59. The van der Waals surface area contributed by atoms with E-state index in [4.69, 9.17) is 0 Å². The summed E-state index contributed by atoms with van der Waals surface area (Å²) in [6, 6.07) is 11.6. The largest absolute Gasteiger partial charge is 0.339 e. The summed E-state index contributed by atoms with van der Waals surface area (Å²) in [4.78, 5) is 34.2. The minimum Gasteiger partial charge on any atom is -0.339 e. The predicted molar refractivity (Wildman–Crippen MR) is 115 cm³/mol. The molecule has 2 amide bonds. The van der Waals surface area contributed by atoms with Crippen molar-refractivity contribution < 1.29 is 9.59 Å². The number of piperazine rings is 1. The molecule has 0 aliphatic carbocycles. The number of carbonyl (C=O) groups excluding carboxylic acids is 2. The number of rotatable bonds is 5. The van der Waals surface area contributed by atoms with Crippen LogP contribution >= 0.6 is 0 Å². The second-order valence-electron chi connectivity index (χ2n) is 8.86. The van der Waals surface area contributed by atoms with Crippen molar-refractivity contribution in [1.82, 2.24) is 14.8 Å². The molecule has 2 heterocycles. The van der Waals surface area contributed by atoms with Gasteiger partial charge in [-0.15, -0.1) is 0 Å². The fraction of sp³-hybridized carbons (Fsp3) is 0.458. The van der Waals surface area contributed by atoms with Crippen LogP contribution in [0.5, 0.6) is 0 Å². The maximum atomic E-state index is 13.2. The van der Waals surface area contributed by atoms with Crippen molar-refractivity contribution in [2.24, 2.45) is 5.41 Å². The van der Waals surface area contributed by atoms with Crippen LogP contribution in [-0.4, -0.2) is 52.3 Å². The molecule has 1 aliphatic heterocycles. The minimum atomic E-state index is -0.462. The Kier molecular flexibility index (Phi) is 6.36. The summed E-state index contributed by atoms with van der Waals surface area (Å²) >= 11 is 0. The summed E-state index contributed by atoms with van der Waals surface area (Å²) in [6.45, 7) is 10.0. The molecule has 0 saturated carbocycles. The Bertz CT molecular complexity index is 858. The first-order valence-electron chi connectivity index (χ1n) is 10.4. The van der Waals surface area contributed by atoms with Crippen molar-refractivity contribution in [3.05, 3.63) is 54.4 Å². The minimum absolute atomic E-state index is 0.0435. The maximum absolute atomic E-state index is 13.2. The first kappa shape index (κ1) is 21.0. The Hall–Kier alpha value is -2.69. The van der Waals surface area contributed by atoms with Gasteiger partial charge in [0, 0.05) is 50.4 Å². The van der Waals surface area contributed by atoms with Gasteiger partial charge in [-0.05, 0) is 29.5 Å². The van der Waals surface area contributed by atoms with Gasteiger partial charge in [0.1, 0.15) is 6.04 Å². The van der Waals surface area contributed by atoms with Gasteiger partial charge in [0.2, 0.25) is 11.8 Å². The number of benzene rings is 1. The predicted octanol–water partition coefficient (Wildman–Crippen LogP) is 3.79. The van der Waals surface area contributed by atoms with E-state index in [1.807, 2.05) is 48.4 Å². The zero-order valence-corrected chi connectivity index (χ0v) is 17.9. The fourth-order valence-electron chi connectivity index (χ4n) is 3.91. The SMILES string of the molecule is CCN1CCN(C(=O)CC(C)(C)C)[C@H](Cc2ccccc2-c2cccnc2)C1=O. The second-order valence-corrected chi connectivity index (χ2v) is 8.86. The van der Waals surface area contributed by atoms with E-state index in [9.17, 15) is 9.59 Å². The fourth-order valence-corrected chi connectivity index (χ4v) is 3.91. The van der Waals surface area contributed by atoms with Crippen LogP contribution in [0.2, 0.25) is 0 Å². The van der Waals surface area contributed by atoms with Gasteiger partial charge in [-0.2, -0.15) is 0 Å². The van der Waals surface area contributed by atoms with Crippen LogP contribution in [0.4, 0.5) is 0 Å². The van der Waals surface area contributed by atoms with Crippen LogP contribution in [0.25, 0.3) is 11.1 Å². The molecule has 1 aromatic heterocycles. The molecule has 1 fully saturated rings. The van der Waals surface area contributed by atoms with Gasteiger partial charge in [-0.25, -0.2) is 0 Å². The lowest BCUT2D eigenvalue weighted by molar-refractivity contribution is -0.152. The molecule has 0 radical (unpaired) electrons. The lowest BCUT2D eigenvalue weighted by atomic mass is 9.90. The lowest BCUT2D eigenvalue weighted by Gasteiger charge is -2.41. The van der Waals surface area contributed by atoms with Gasteiger partial charge in [0.05, 0.1) is 0 Å². The van der Waals surface area contributed by atoms with E-state index in [1.54, 1.807) is 11.1 Å². The van der Waals surface area contributed by atoms with Crippen LogP contribution in [0.3, 0.4) is 0 Å². The number of carbonyl (C=O) groups is 2. The molecule has 1 aliphatic rings. The Labute approximate surface area is 173 Å². The topological polar surface area (TPSA) is 53.5 Å². The highest BCUT2D eigenvalue weighted by atomic mass is 16.2. The average Bonchev–Trinajstić information content (AvgIpc) is 2.69. The van der Waals surface area contributed by atoms with E-state index in [0.29, 0.717) is 32.5 Å². The molecule has 0 unspecified atom stereocenters. The average molecular weight is 394 g/mol. The highest BCUT2D eigenvalue weighted by Gasteiger charge is 2.38. The van der Waals surface area contributed by atoms with Crippen LogP contribution in [0, 0.1) is 5.41 Å². The Balaban J connectivity index is 1.93. The number of likely N-dealkylation sites (N-methyl/N-ethyl adjacent to an activating group) is 1. The van der Waals surface area contributed by atoms with Gasteiger partial charge in [-0.3, -0.25) is 14.6 Å². The molecule has 0 N–H and O–H groups in total. The molecule has 29 heavy (non-hydrogen) atoms. The number of nitrogens with zero attached hydrogens (tertiary/aromatic N) is 3. The standard InChI is InChI=1S/C24H31N3O2/c1-5-26-13-14-27(22(28)16-24(2,3)4)21(23(26)29)15-18-9-6-7-11-20(18)19-10-8-12-25-17-19/h6-12,17,21H,5,13-16H2,1-4H3/t21-/m1/s1. The van der Waals surface area contributed by atoms with Crippen molar-refractivity contribution in [3.63, 3.8) is 0 Å². The summed E-state index contributed by atoms with van der Waals surface area (Å²) in [5.41, 5.74) is 3.03. The van der Waals surface area contributed by atoms with E-state index < -0.39 is 6.04 Å². The molecular weight excluding hydrogens is 362 g/mol. The van der Waals surface area contributed by atoms with Crippen molar-refractivity contribution >= 4 is 11.8 Å². The third-order valence-corrected chi connectivity index (χ3v) is 5.37. The Morgan fingerprint density at radius 3 is 2.55 bits per heavy atom. The second kappa shape index (κ2) is 8.76. The Morgan fingerprint density at radius 1 is 1.14 bits per heavy atom. The van der Waals surface area contributed by atoms with Crippen molar-refractivity contribution in [2.45, 2.75) is 46.6 Å². The van der Waals surface area contributed by atoms with E-state index >= 15 is 0 Å². The summed E-state index contributed by atoms with van der Waals surface area (Å²) in [5, 5.41) is 0. The molecule has 1 atom stereocenters. The molecule has 0 spiro atoms. The van der Waals surface area contributed by atoms with Crippen molar-refractivity contribution in [3.8, 4) is 11.1 Å². The maximum Gasteiger partial charge on any atom is 0.245 e. The highest BCUT2D eigenvalue weighted by molar-refractivity contribution is 5.89. The van der Waals surface area contributed by atoms with Crippen LogP contribution in [0.1, 0.15) is 39.7 Å². The van der Waals surface area contributed by atoms with E-state index in [-0.39, 0.29) is 17.2 Å². The van der Waals surface area contributed by atoms with Gasteiger partial charge in [0.15, 0.2) is 0 Å². The van der Waals surface area contributed by atoms with Gasteiger partial charge in [-0.1, -0.05) is 51.1 Å². The quantitative estimate of drug-likeness (QED) is 0.777. The monoisotopic (exact) mass is 393 g/mol. The van der Waals surface area contributed by atoms with Gasteiger partial charge in [0.25, 0.3) is 0 Å². The number of aromatic nitrogens is 1. The molecule has 154 valence electrons. The number of pyridine rings is 1. The van der Waals surface area contributed by atoms with Crippen LogP contribution < -0.4 is 0 Å². The molecule has 3 rings (SSSR count). The third-order valence-electron chi connectivity index (χ3n) is 5.37. The first-order valence-corrected chi connectivity index (χ1v) is 10.4. The molecular formula is C24H31N3O2. The molecule has 5 heteroatoms. The normalized spacial score (nSPS) is 17.5. The molecule has 0 bridgehead atoms. The summed E-state index contributed by atoms with van der Waals surface area (Å²) in [7, 11) is 0. The van der Waals surface area contributed by atoms with Crippen molar-refractivity contribution in [1.29, 1.82) is 0 Å². The van der Waals surface area contributed by atoms with Crippen LogP contribution in [-0.2, 0) is 16.0 Å². The van der Waals surface area contributed by atoms with E-state index in [1.165, 1.54) is 0 Å². The van der Waals surface area contributed by atoms with Gasteiger partial charge < -0.3 is 9.80 Å². The molecule has 2 aromatic rings. The smallest absolute Gasteiger partial charge is 0.245 e. The summed E-state index contributed by atoms with van der Waals surface area (Å²) < 4.78 is 0. The third kappa shape index (κ3) is 5.03. The van der Waals surface area contributed by atoms with Crippen molar-refractivity contribution in [2.75, 3.05) is 19.6 Å². The molecule has 5 nitrogen and oxygen atoms in total. The van der Waals surface area contributed by atoms with Crippen LogP contribution in [0.15, 0.2) is 48.8 Å². The zero-order valence-electron chi connectivity index (χ0n) is 17.9. The zero-order chi connectivity index (χ0) is 21.0.